The molecule has 1 aromatic heterocycles. The van der Waals surface area contributed by atoms with Crippen LogP contribution in [0.15, 0.2) is 70.9 Å². The Labute approximate surface area is 189 Å². The summed E-state index contributed by atoms with van der Waals surface area (Å²) in [5.74, 6) is 0.342. The molecule has 7 nitrogen and oxygen atoms in total. The first-order valence-corrected chi connectivity index (χ1v) is 9.94. The number of benzene rings is 2. The molecule has 3 aromatic rings. The molecule has 32 heavy (non-hydrogen) atoms. The van der Waals surface area contributed by atoms with Crippen LogP contribution in [0, 0.1) is 18.3 Å². The lowest BCUT2D eigenvalue weighted by Crippen LogP contribution is -2.23. The van der Waals surface area contributed by atoms with Gasteiger partial charge in [-0.25, -0.2) is 4.79 Å². The second-order valence-electron chi connectivity index (χ2n) is 6.67. The zero-order chi connectivity index (χ0) is 22.9. The molecule has 0 bridgehead atoms. The third-order valence-corrected chi connectivity index (χ3v) is 4.51. The van der Waals surface area contributed by atoms with Gasteiger partial charge in [0.25, 0.3) is 5.91 Å². The van der Waals surface area contributed by atoms with Gasteiger partial charge in [-0.05, 0) is 66.6 Å². The van der Waals surface area contributed by atoms with Gasteiger partial charge in [0.2, 0.25) is 0 Å². The fourth-order valence-electron chi connectivity index (χ4n) is 2.70. The maximum Gasteiger partial charge on any atom is 0.349 e. The number of aryl methyl sites for hydroxylation is 1. The Bertz CT molecular complexity index is 1160. The molecular formula is C24H19ClN2O5. The Morgan fingerprint density at radius 1 is 1.19 bits per heavy atom. The lowest BCUT2D eigenvalue weighted by atomic mass is 10.1. The topological polar surface area (TPSA) is 102 Å². The molecule has 2 aromatic carbocycles. The van der Waals surface area contributed by atoms with E-state index in [-0.39, 0.29) is 18.7 Å². The van der Waals surface area contributed by atoms with Crippen LogP contribution in [-0.2, 0) is 16.1 Å². The highest BCUT2D eigenvalue weighted by atomic mass is 35.5. The molecule has 0 fully saturated rings. The molecule has 1 N–H and O–H groups in total. The Balaban J connectivity index is 1.54. The number of esters is 1. The van der Waals surface area contributed by atoms with E-state index in [2.05, 4.69) is 5.32 Å². The number of hydrogen-bond donors (Lipinski definition) is 1. The van der Waals surface area contributed by atoms with Crippen LogP contribution in [0.4, 0.5) is 0 Å². The summed E-state index contributed by atoms with van der Waals surface area (Å²) in [5, 5.41) is 12.5. The maximum absolute atomic E-state index is 12.2. The lowest BCUT2D eigenvalue weighted by Gasteiger charge is -2.09. The average Bonchev–Trinajstić information content (AvgIpc) is 3.30. The highest BCUT2D eigenvalue weighted by Crippen LogP contribution is 2.22. The van der Waals surface area contributed by atoms with Crippen LogP contribution < -0.4 is 14.8 Å². The minimum absolute atomic E-state index is 0.0620. The number of amides is 1. The fourth-order valence-corrected chi connectivity index (χ4v) is 2.92. The van der Waals surface area contributed by atoms with Gasteiger partial charge < -0.3 is 19.2 Å². The second kappa shape index (κ2) is 10.8. The standard InChI is InChI=1S/C24H19ClN2O5/c1-16-11-19(25)6-9-22(16)31-15-23(28)32-20-7-4-17(5-8-20)12-18(13-26)24(29)27-14-21-3-2-10-30-21/h2-12H,14-15H2,1H3,(H,27,29)/b18-12+. The van der Waals surface area contributed by atoms with E-state index < -0.39 is 11.9 Å². The number of nitrogens with zero attached hydrogens (tertiary/aromatic N) is 1. The first-order chi connectivity index (χ1) is 15.4. The molecule has 0 radical (unpaired) electrons. The third kappa shape index (κ3) is 6.49. The van der Waals surface area contributed by atoms with E-state index in [1.807, 2.05) is 13.0 Å². The molecule has 0 aliphatic heterocycles. The van der Waals surface area contributed by atoms with Gasteiger partial charge in [0.05, 0.1) is 12.8 Å². The van der Waals surface area contributed by atoms with E-state index in [4.69, 9.17) is 25.5 Å². The SMILES string of the molecule is Cc1cc(Cl)ccc1OCC(=O)Oc1ccc(/C=C(\C#N)C(=O)NCc2ccco2)cc1. The summed E-state index contributed by atoms with van der Waals surface area (Å²) in [6.07, 6.45) is 2.94. The average molecular weight is 451 g/mol. The third-order valence-electron chi connectivity index (χ3n) is 4.27. The van der Waals surface area contributed by atoms with Gasteiger partial charge in [-0.2, -0.15) is 5.26 Å². The molecule has 0 saturated carbocycles. The summed E-state index contributed by atoms with van der Waals surface area (Å²) in [6.45, 7) is 1.74. The Morgan fingerprint density at radius 2 is 1.97 bits per heavy atom. The minimum Gasteiger partial charge on any atom is -0.482 e. The summed E-state index contributed by atoms with van der Waals surface area (Å²) in [5.41, 5.74) is 1.35. The Morgan fingerprint density at radius 3 is 2.62 bits per heavy atom. The molecule has 1 heterocycles. The molecule has 162 valence electrons. The molecule has 0 unspecified atom stereocenters. The van der Waals surface area contributed by atoms with E-state index in [0.717, 1.165) is 5.56 Å². The van der Waals surface area contributed by atoms with Crippen molar-refractivity contribution in [3.63, 3.8) is 0 Å². The molecule has 3 rings (SSSR count). The molecule has 0 aliphatic carbocycles. The van der Waals surface area contributed by atoms with Gasteiger partial charge in [0, 0.05) is 5.02 Å². The van der Waals surface area contributed by atoms with Crippen molar-refractivity contribution in [2.75, 3.05) is 6.61 Å². The van der Waals surface area contributed by atoms with Crippen LogP contribution in [0.2, 0.25) is 5.02 Å². The number of rotatable bonds is 8. The van der Waals surface area contributed by atoms with Crippen molar-refractivity contribution in [2.45, 2.75) is 13.5 Å². The van der Waals surface area contributed by atoms with Crippen molar-refractivity contribution < 1.29 is 23.5 Å². The molecule has 1 amide bonds. The number of halogens is 1. The number of ether oxygens (including phenoxy) is 2. The summed E-state index contributed by atoms with van der Waals surface area (Å²) in [4.78, 5) is 24.2. The highest BCUT2D eigenvalue weighted by Gasteiger charge is 2.11. The van der Waals surface area contributed by atoms with Crippen LogP contribution in [0.1, 0.15) is 16.9 Å². The van der Waals surface area contributed by atoms with E-state index in [1.165, 1.54) is 12.3 Å². The minimum atomic E-state index is -0.572. The van der Waals surface area contributed by atoms with Gasteiger partial charge in [-0.3, -0.25) is 4.79 Å². The Hall–Kier alpha value is -4.02. The van der Waals surface area contributed by atoms with Crippen LogP contribution in [0.3, 0.4) is 0 Å². The quantitative estimate of drug-likeness (QED) is 0.235. The van der Waals surface area contributed by atoms with Gasteiger partial charge >= 0.3 is 5.97 Å². The zero-order valence-electron chi connectivity index (χ0n) is 17.1. The summed E-state index contributed by atoms with van der Waals surface area (Å²) in [7, 11) is 0. The van der Waals surface area contributed by atoms with E-state index in [9.17, 15) is 14.9 Å². The largest absolute Gasteiger partial charge is 0.482 e. The number of nitriles is 1. The number of hydrogen-bond acceptors (Lipinski definition) is 6. The van der Waals surface area contributed by atoms with E-state index in [0.29, 0.717) is 27.8 Å². The summed E-state index contributed by atoms with van der Waals surface area (Å²) < 4.78 is 15.9. The Kier molecular flexibility index (Phi) is 7.68. The molecule has 0 saturated heterocycles. The van der Waals surface area contributed by atoms with Crippen LogP contribution in [0.5, 0.6) is 11.5 Å². The summed E-state index contributed by atoms with van der Waals surface area (Å²) in [6, 6.07) is 16.8. The predicted molar refractivity (Wildman–Crippen MR) is 118 cm³/mol. The van der Waals surface area contributed by atoms with Gasteiger partial charge in [-0.15, -0.1) is 0 Å². The van der Waals surface area contributed by atoms with Crippen molar-refractivity contribution in [1.29, 1.82) is 5.26 Å². The van der Waals surface area contributed by atoms with Crippen LogP contribution in [0.25, 0.3) is 6.08 Å². The second-order valence-corrected chi connectivity index (χ2v) is 7.11. The summed E-state index contributed by atoms with van der Waals surface area (Å²) >= 11 is 5.90. The zero-order valence-corrected chi connectivity index (χ0v) is 17.9. The maximum atomic E-state index is 12.2. The van der Waals surface area contributed by atoms with Crippen molar-refractivity contribution in [3.05, 3.63) is 88.3 Å². The van der Waals surface area contributed by atoms with Crippen molar-refractivity contribution in [3.8, 4) is 17.6 Å². The van der Waals surface area contributed by atoms with Crippen molar-refractivity contribution in [2.24, 2.45) is 0 Å². The van der Waals surface area contributed by atoms with Crippen molar-refractivity contribution >= 4 is 29.6 Å². The van der Waals surface area contributed by atoms with E-state index in [1.54, 1.807) is 54.6 Å². The predicted octanol–water partition coefficient (Wildman–Crippen LogP) is 4.45. The lowest BCUT2D eigenvalue weighted by molar-refractivity contribution is -0.136. The normalized spacial score (nSPS) is 10.8. The first-order valence-electron chi connectivity index (χ1n) is 9.56. The number of furan rings is 1. The fraction of sp³-hybridized carbons (Fsp3) is 0.125. The molecule has 0 atom stereocenters. The molecule has 0 spiro atoms. The van der Waals surface area contributed by atoms with Crippen molar-refractivity contribution in [1.82, 2.24) is 5.32 Å². The van der Waals surface area contributed by atoms with Gasteiger partial charge in [0.1, 0.15) is 28.9 Å². The number of carbonyl (C=O) groups excluding carboxylic acids is 2. The van der Waals surface area contributed by atoms with Gasteiger partial charge in [0.15, 0.2) is 6.61 Å². The van der Waals surface area contributed by atoms with Crippen LogP contribution in [-0.4, -0.2) is 18.5 Å². The monoisotopic (exact) mass is 450 g/mol. The highest BCUT2D eigenvalue weighted by molar-refractivity contribution is 6.30. The first kappa shape index (κ1) is 22.7. The van der Waals surface area contributed by atoms with Crippen LogP contribution >= 0.6 is 11.6 Å². The van der Waals surface area contributed by atoms with E-state index >= 15 is 0 Å². The molecule has 8 heteroatoms. The number of nitrogens with one attached hydrogen (secondary N) is 1. The number of carbonyl (C=O) groups is 2. The molecule has 0 aliphatic rings. The smallest absolute Gasteiger partial charge is 0.349 e. The van der Waals surface area contributed by atoms with Gasteiger partial charge in [-0.1, -0.05) is 23.7 Å². The molecular weight excluding hydrogens is 432 g/mol.